The number of ketones is 2. The SMILES string of the molecule is CC(=O)NCCS[C@@H]1CC(=O)[C@H](O)CC/C(C)=C\[C@H]2C=C(C)[C@@H](C)[C@H]3[C@H](CC(C)C)NC(=O)[C@]32C1=O. The van der Waals surface area contributed by atoms with E-state index in [4.69, 9.17) is 0 Å². The molecule has 3 aliphatic rings. The number of nitrogens with one attached hydrogen (secondary N) is 2. The highest BCUT2D eigenvalue weighted by Crippen LogP contribution is 2.56. The maximum Gasteiger partial charge on any atom is 0.235 e. The van der Waals surface area contributed by atoms with Gasteiger partial charge in [-0.25, -0.2) is 0 Å². The molecule has 200 valence electrons. The molecule has 0 saturated carbocycles. The van der Waals surface area contributed by atoms with E-state index in [9.17, 15) is 24.3 Å². The number of carbonyl (C=O) groups excluding carboxylic acids is 4. The smallest absolute Gasteiger partial charge is 0.235 e. The van der Waals surface area contributed by atoms with Gasteiger partial charge in [-0.15, -0.1) is 11.8 Å². The van der Waals surface area contributed by atoms with Crippen molar-refractivity contribution in [2.45, 2.75) is 84.6 Å². The summed E-state index contributed by atoms with van der Waals surface area (Å²) in [7, 11) is 0. The average Bonchev–Trinajstić information content (AvgIpc) is 3.08. The first-order valence-corrected chi connectivity index (χ1v) is 14.2. The topological polar surface area (TPSA) is 113 Å². The van der Waals surface area contributed by atoms with Gasteiger partial charge in [-0.1, -0.05) is 44.1 Å². The van der Waals surface area contributed by atoms with Gasteiger partial charge in [-0.3, -0.25) is 19.2 Å². The molecule has 0 unspecified atom stereocenters. The van der Waals surface area contributed by atoms with Crippen LogP contribution < -0.4 is 10.6 Å². The molecule has 7 nitrogen and oxygen atoms in total. The number of rotatable bonds is 6. The van der Waals surface area contributed by atoms with Crippen molar-refractivity contribution < 1.29 is 24.3 Å². The molecule has 3 N–H and O–H groups in total. The van der Waals surface area contributed by atoms with Gasteiger partial charge in [0.2, 0.25) is 11.8 Å². The maximum absolute atomic E-state index is 14.6. The molecule has 0 aromatic heterocycles. The molecule has 1 aliphatic heterocycles. The third-order valence-corrected chi connectivity index (χ3v) is 9.35. The first kappa shape index (κ1) is 28.6. The zero-order valence-electron chi connectivity index (χ0n) is 22.4. The molecule has 1 spiro atoms. The van der Waals surface area contributed by atoms with Crippen LogP contribution in [0.4, 0.5) is 0 Å². The van der Waals surface area contributed by atoms with Crippen LogP contribution in [0.25, 0.3) is 0 Å². The lowest BCUT2D eigenvalue weighted by Crippen LogP contribution is -2.55. The predicted octanol–water partition coefficient (Wildman–Crippen LogP) is 3.21. The standard InChI is InChI=1S/C28H42N2O5S/c1-15(2)11-21-25-18(5)17(4)13-20-12-16(3)7-8-22(32)23(33)14-24(36-10-9-29-19(6)31)26(34)28(20,25)27(35)30-21/h12-13,15,18,20-22,24-25,32H,7-11,14H2,1-6H3,(H,29,31)(H,30,35)/b16-12-/t18-,20+,21+,22-,24-,25+,28+/m1/s1. The summed E-state index contributed by atoms with van der Waals surface area (Å²) in [6.07, 6.45) is 4.44. The highest BCUT2D eigenvalue weighted by Gasteiger charge is 2.66. The highest BCUT2D eigenvalue weighted by molar-refractivity contribution is 8.00. The first-order valence-electron chi connectivity index (χ1n) is 13.2. The summed E-state index contributed by atoms with van der Waals surface area (Å²) in [4.78, 5) is 53.0. The number of Topliss-reactive ketones (excluding diaryl/α,β-unsaturated/α-hetero) is 2. The zero-order valence-corrected chi connectivity index (χ0v) is 23.2. The van der Waals surface area contributed by atoms with Crippen LogP contribution in [0.5, 0.6) is 0 Å². The van der Waals surface area contributed by atoms with Gasteiger partial charge in [0, 0.05) is 43.5 Å². The van der Waals surface area contributed by atoms with Crippen molar-refractivity contribution in [3.8, 4) is 0 Å². The van der Waals surface area contributed by atoms with Crippen LogP contribution >= 0.6 is 11.8 Å². The molecule has 7 atom stereocenters. The highest BCUT2D eigenvalue weighted by atomic mass is 32.2. The Labute approximate surface area is 219 Å². The summed E-state index contributed by atoms with van der Waals surface area (Å²) in [5.74, 6) is -0.832. The van der Waals surface area contributed by atoms with E-state index < -0.39 is 22.7 Å². The molecule has 36 heavy (non-hydrogen) atoms. The third kappa shape index (κ3) is 5.64. The Kier molecular flexibility index (Phi) is 9.25. The average molecular weight is 519 g/mol. The van der Waals surface area contributed by atoms with Crippen LogP contribution in [-0.2, 0) is 19.2 Å². The normalized spacial score (nSPS) is 36.7. The number of carbonyl (C=O) groups is 4. The number of hydrogen-bond acceptors (Lipinski definition) is 6. The van der Waals surface area contributed by atoms with E-state index in [-0.39, 0.29) is 47.7 Å². The van der Waals surface area contributed by atoms with Crippen molar-refractivity contribution >= 4 is 35.1 Å². The van der Waals surface area contributed by atoms with E-state index in [1.54, 1.807) is 0 Å². The van der Waals surface area contributed by atoms with Gasteiger partial charge >= 0.3 is 0 Å². The van der Waals surface area contributed by atoms with Crippen LogP contribution in [0.15, 0.2) is 23.3 Å². The summed E-state index contributed by atoms with van der Waals surface area (Å²) in [6, 6.07) is -0.132. The number of allylic oxidation sites excluding steroid dienone is 4. The molecule has 8 heteroatoms. The lowest BCUT2D eigenvalue weighted by molar-refractivity contribution is -0.146. The van der Waals surface area contributed by atoms with Gasteiger partial charge < -0.3 is 15.7 Å². The van der Waals surface area contributed by atoms with Gasteiger partial charge in [0.25, 0.3) is 0 Å². The minimum Gasteiger partial charge on any atom is -0.385 e. The Balaban J connectivity index is 2.14. The molecule has 3 rings (SSSR count). The van der Waals surface area contributed by atoms with Gasteiger partial charge in [-0.05, 0) is 44.9 Å². The monoisotopic (exact) mass is 518 g/mol. The second kappa shape index (κ2) is 11.6. The Morgan fingerprint density at radius 1 is 1.25 bits per heavy atom. The van der Waals surface area contributed by atoms with Gasteiger partial charge in [0.15, 0.2) is 11.6 Å². The van der Waals surface area contributed by atoms with E-state index in [0.29, 0.717) is 31.1 Å². The summed E-state index contributed by atoms with van der Waals surface area (Å²) < 4.78 is 0. The van der Waals surface area contributed by atoms with Crippen molar-refractivity contribution in [1.29, 1.82) is 0 Å². The quantitative estimate of drug-likeness (QED) is 0.283. The van der Waals surface area contributed by atoms with Crippen molar-refractivity contribution in [2.24, 2.45) is 29.1 Å². The fourth-order valence-corrected chi connectivity index (χ4v) is 7.43. The molecule has 0 bridgehead atoms. The summed E-state index contributed by atoms with van der Waals surface area (Å²) in [6.45, 7) is 12.2. The number of aliphatic hydroxyl groups is 1. The minimum absolute atomic E-state index is 0.0260. The molecule has 0 aromatic carbocycles. The van der Waals surface area contributed by atoms with Gasteiger partial charge in [-0.2, -0.15) is 0 Å². The largest absolute Gasteiger partial charge is 0.385 e. The van der Waals surface area contributed by atoms with Gasteiger partial charge in [0.1, 0.15) is 11.5 Å². The first-order chi connectivity index (χ1) is 16.9. The summed E-state index contributed by atoms with van der Waals surface area (Å²) in [5.41, 5.74) is 0.831. The minimum atomic E-state index is -1.30. The van der Waals surface area contributed by atoms with E-state index in [2.05, 4.69) is 44.4 Å². The van der Waals surface area contributed by atoms with Crippen LogP contribution in [0.3, 0.4) is 0 Å². The number of amides is 2. The van der Waals surface area contributed by atoms with Gasteiger partial charge in [0.05, 0.1) is 5.25 Å². The second-order valence-electron chi connectivity index (χ2n) is 11.3. The van der Waals surface area contributed by atoms with Crippen molar-refractivity contribution in [2.75, 3.05) is 12.3 Å². The van der Waals surface area contributed by atoms with Crippen molar-refractivity contribution in [3.63, 3.8) is 0 Å². The Morgan fingerprint density at radius 2 is 1.94 bits per heavy atom. The van der Waals surface area contributed by atoms with E-state index >= 15 is 0 Å². The van der Waals surface area contributed by atoms with Crippen LogP contribution in [-0.4, -0.2) is 58.2 Å². The van der Waals surface area contributed by atoms with Crippen LogP contribution in [0.2, 0.25) is 0 Å². The van der Waals surface area contributed by atoms with E-state index in [0.717, 1.165) is 12.0 Å². The second-order valence-corrected chi connectivity index (χ2v) is 12.6. The Bertz CT molecular complexity index is 958. The van der Waals surface area contributed by atoms with Crippen molar-refractivity contribution in [3.05, 3.63) is 23.3 Å². The fourth-order valence-electron chi connectivity index (χ4n) is 6.30. The summed E-state index contributed by atoms with van der Waals surface area (Å²) in [5, 5.41) is 15.7. The van der Waals surface area contributed by atoms with E-state index in [1.807, 2.05) is 13.0 Å². The molecule has 1 heterocycles. The maximum atomic E-state index is 14.6. The number of thioether (sulfide) groups is 1. The number of aliphatic hydroxyl groups excluding tert-OH is 1. The number of hydrogen-bond donors (Lipinski definition) is 3. The molecule has 1 saturated heterocycles. The Hall–Kier alpha value is -1.93. The predicted molar refractivity (Wildman–Crippen MR) is 142 cm³/mol. The molecule has 0 radical (unpaired) electrons. The molecule has 2 aliphatic carbocycles. The lowest BCUT2D eigenvalue weighted by Gasteiger charge is -2.46. The summed E-state index contributed by atoms with van der Waals surface area (Å²) >= 11 is 1.30. The molecule has 0 aromatic rings. The fraction of sp³-hybridized carbons (Fsp3) is 0.714. The molecule has 1 fully saturated rings. The Morgan fingerprint density at radius 3 is 2.58 bits per heavy atom. The van der Waals surface area contributed by atoms with Crippen LogP contribution in [0, 0.1) is 29.1 Å². The molecular weight excluding hydrogens is 476 g/mol. The lowest BCUT2D eigenvalue weighted by atomic mass is 9.54. The van der Waals surface area contributed by atoms with E-state index in [1.165, 1.54) is 24.3 Å². The molecular formula is C28H42N2O5S. The van der Waals surface area contributed by atoms with Crippen LogP contribution in [0.1, 0.15) is 67.2 Å². The third-order valence-electron chi connectivity index (χ3n) is 8.13. The zero-order chi connectivity index (χ0) is 26.8. The molecule has 2 amide bonds. The van der Waals surface area contributed by atoms with Crippen molar-refractivity contribution in [1.82, 2.24) is 10.6 Å².